The van der Waals surface area contributed by atoms with Crippen LogP contribution < -0.4 is 11.1 Å². The summed E-state index contributed by atoms with van der Waals surface area (Å²) in [6.07, 6.45) is 3.53. The van der Waals surface area contributed by atoms with Crippen molar-refractivity contribution in [3.8, 4) is 5.75 Å². The van der Waals surface area contributed by atoms with Gasteiger partial charge in [-0.05, 0) is 97.6 Å². The molecule has 1 heterocycles. The lowest BCUT2D eigenvalue weighted by atomic mass is 9.83. The van der Waals surface area contributed by atoms with Crippen LogP contribution in [0.15, 0.2) is 33.6 Å². The number of fused-ring (bicyclic) bond motifs is 1. The number of carbonyl (C=O) groups excluding carboxylic acids is 1. The van der Waals surface area contributed by atoms with Crippen LogP contribution in [-0.2, 0) is 17.6 Å². The zero-order valence-corrected chi connectivity index (χ0v) is 18.4. The number of aromatic amines is 1. The molecule has 1 aromatic heterocycles. The lowest BCUT2D eigenvalue weighted by molar-refractivity contribution is 0.0481. The second-order valence-corrected chi connectivity index (χ2v) is 8.14. The van der Waals surface area contributed by atoms with Gasteiger partial charge >= 0.3 is 5.76 Å². The van der Waals surface area contributed by atoms with Crippen molar-refractivity contribution in [2.45, 2.75) is 52.6 Å². The second kappa shape index (κ2) is 9.00. The van der Waals surface area contributed by atoms with E-state index in [0.29, 0.717) is 18.0 Å². The number of aromatic hydroxyl groups is 1. The molecule has 3 N–H and O–H groups in total. The zero-order valence-electron chi connectivity index (χ0n) is 18.4. The first-order valence-corrected chi connectivity index (χ1v) is 10.8. The Labute approximate surface area is 185 Å². The average molecular weight is 437 g/mol. The first-order valence-electron chi connectivity index (χ1n) is 10.8. The summed E-state index contributed by atoms with van der Waals surface area (Å²) in [6.45, 7) is 6.60. The molecule has 1 aliphatic rings. The largest absolute Gasteiger partial charge is 0.508 e. The number of phenols is 1. The first kappa shape index (κ1) is 21.8. The molecule has 1 amide bonds. The van der Waals surface area contributed by atoms with Crippen LogP contribution in [0.4, 0.5) is 5.69 Å². The number of nitrogens with one attached hydrogen (secondary N) is 2. The third-order valence-electron chi connectivity index (χ3n) is 5.99. The van der Waals surface area contributed by atoms with Crippen molar-refractivity contribution in [1.29, 1.82) is 0 Å². The fraction of sp³-hybridized carbons (Fsp3) is 0.375. The summed E-state index contributed by atoms with van der Waals surface area (Å²) >= 11 is 0. The van der Waals surface area contributed by atoms with Gasteiger partial charge in [-0.2, -0.15) is 0 Å². The highest BCUT2D eigenvalue weighted by atomic mass is 16.5. The number of anilines is 1. The van der Waals surface area contributed by atoms with Gasteiger partial charge in [0.25, 0.3) is 5.91 Å². The van der Waals surface area contributed by atoms with Gasteiger partial charge < -0.3 is 15.2 Å². The Morgan fingerprint density at radius 1 is 1.31 bits per heavy atom. The van der Waals surface area contributed by atoms with Crippen molar-refractivity contribution in [2.75, 3.05) is 11.9 Å². The molecule has 4 rings (SSSR count). The molecule has 1 aliphatic carbocycles. The monoisotopic (exact) mass is 437 g/mol. The van der Waals surface area contributed by atoms with E-state index in [4.69, 9.17) is 4.74 Å². The maximum Gasteiger partial charge on any atom is 0.439 e. The van der Waals surface area contributed by atoms with E-state index < -0.39 is 11.7 Å². The zero-order chi connectivity index (χ0) is 22.8. The van der Waals surface area contributed by atoms with E-state index in [1.54, 1.807) is 6.07 Å². The van der Waals surface area contributed by atoms with Gasteiger partial charge in [-0.15, -0.1) is 0 Å². The summed E-state index contributed by atoms with van der Waals surface area (Å²) in [5.74, 6) is -1.19. The summed E-state index contributed by atoms with van der Waals surface area (Å²) in [5.41, 5.74) is 7.15. The number of nitrogens with zero attached hydrogens (tertiary/aromatic N) is 1. The lowest BCUT2D eigenvalue weighted by Gasteiger charge is -2.28. The van der Waals surface area contributed by atoms with Gasteiger partial charge in [0, 0.05) is 17.9 Å². The molecule has 168 valence electrons. The summed E-state index contributed by atoms with van der Waals surface area (Å²) in [6, 6.07) is 7.56. The minimum absolute atomic E-state index is 0.0635. The number of aryl methyl sites for hydroxylation is 2. The van der Waals surface area contributed by atoms with Crippen molar-refractivity contribution in [1.82, 2.24) is 10.1 Å². The van der Waals surface area contributed by atoms with Gasteiger partial charge in [-0.25, -0.2) is 4.79 Å². The van der Waals surface area contributed by atoms with E-state index >= 15 is 0 Å². The molecule has 0 fully saturated rings. The van der Waals surface area contributed by atoms with Crippen molar-refractivity contribution in [3.63, 3.8) is 0 Å². The van der Waals surface area contributed by atoms with E-state index in [1.165, 1.54) is 16.7 Å². The average Bonchev–Trinajstić information content (AvgIpc) is 3.19. The fourth-order valence-electron chi connectivity index (χ4n) is 4.55. The van der Waals surface area contributed by atoms with Crippen LogP contribution in [0.2, 0.25) is 0 Å². The number of H-pyrrole nitrogens is 1. The van der Waals surface area contributed by atoms with Crippen molar-refractivity contribution >= 4 is 11.6 Å². The summed E-state index contributed by atoms with van der Waals surface area (Å²) in [5, 5.41) is 16.7. The number of aromatic nitrogens is 2. The first-order chi connectivity index (χ1) is 15.4. The molecule has 1 atom stereocenters. The molecule has 32 heavy (non-hydrogen) atoms. The molecule has 0 spiro atoms. The predicted octanol–water partition coefficient (Wildman–Crippen LogP) is 3.94. The SMILES string of the molecule is CCO[C@H]1CCCc2c(Cc3c(C)cc(NC(=O)c4noc(=O)[nH]4)cc3C)ccc(O)c21. The topological polar surface area (TPSA) is 117 Å². The fourth-order valence-corrected chi connectivity index (χ4v) is 4.55. The molecule has 3 aromatic rings. The molecule has 0 saturated carbocycles. The lowest BCUT2D eigenvalue weighted by Crippen LogP contribution is -2.16. The standard InChI is InChI=1S/C24H27N3O5/c1-4-31-20-7-5-6-17-15(8-9-19(28)21(17)20)12-18-13(2)10-16(11-14(18)3)25-23(29)22-26-24(30)32-27-22/h8-11,20,28H,4-7,12H2,1-3H3,(H,25,29)(H,26,27,30)/t20-/m0/s1. The quantitative estimate of drug-likeness (QED) is 0.538. The minimum Gasteiger partial charge on any atom is -0.508 e. The summed E-state index contributed by atoms with van der Waals surface area (Å²) in [4.78, 5) is 25.6. The Bertz CT molecular complexity index is 1190. The van der Waals surface area contributed by atoms with Crippen LogP contribution in [0.5, 0.6) is 5.75 Å². The maximum atomic E-state index is 12.3. The van der Waals surface area contributed by atoms with E-state index in [1.807, 2.05) is 39.0 Å². The van der Waals surface area contributed by atoms with Gasteiger partial charge in [0.1, 0.15) is 5.75 Å². The smallest absolute Gasteiger partial charge is 0.439 e. The second-order valence-electron chi connectivity index (χ2n) is 8.14. The van der Waals surface area contributed by atoms with Crippen LogP contribution >= 0.6 is 0 Å². The number of rotatable bonds is 6. The van der Waals surface area contributed by atoms with E-state index in [9.17, 15) is 14.7 Å². The van der Waals surface area contributed by atoms with Gasteiger partial charge in [-0.1, -0.05) is 6.07 Å². The molecular weight excluding hydrogens is 410 g/mol. The van der Waals surface area contributed by atoms with Crippen molar-refractivity contribution < 1.29 is 19.2 Å². The Morgan fingerprint density at radius 2 is 2.06 bits per heavy atom. The molecule has 0 unspecified atom stereocenters. The highest BCUT2D eigenvalue weighted by molar-refractivity contribution is 6.01. The maximum absolute atomic E-state index is 12.3. The molecule has 8 heteroatoms. The normalized spacial score (nSPS) is 15.4. The van der Waals surface area contributed by atoms with E-state index in [2.05, 4.69) is 20.0 Å². The van der Waals surface area contributed by atoms with Gasteiger partial charge in [0.15, 0.2) is 0 Å². The number of ether oxygens (including phenoxy) is 1. The molecular formula is C24H27N3O5. The third-order valence-corrected chi connectivity index (χ3v) is 5.99. The Kier molecular flexibility index (Phi) is 6.14. The van der Waals surface area contributed by atoms with Gasteiger partial charge in [0.05, 0.1) is 6.10 Å². The van der Waals surface area contributed by atoms with E-state index in [-0.39, 0.29) is 11.9 Å². The molecule has 0 bridgehead atoms. The van der Waals surface area contributed by atoms with Crippen LogP contribution in [0.1, 0.15) is 69.9 Å². The third kappa shape index (κ3) is 4.31. The summed E-state index contributed by atoms with van der Waals surface area (Å²) < 4.78 is 10.3. The minimum atomic E-state index is -0.776. The molecule has 0 radical (unpaired) electrons. The number of hydrogen-bond donors (Lipinski definition) is 3. The van der Waals surface area contributed by atoms with Crippen LogP contribution in [0, 0.1) is 13.8 Å². The Morgan fingerprint density at radius 3 is 2.72 bits per heavy atom. The highest BCUT2D eigenvalue weighted by Crippen LogP contribution is 2.40. The molecule has 2 aromatic carbocycles. The van der Waals surface area contributed by atoms with Gasteiger partial charge in [0.2, 0.25) is 5.82 Å². The Balaban J connectivity index is 1.61. The number of amides is 1. The molecule has 0 aliphatic heterocycles. The van der Waals surface area contributed by atoms with Crippen LogP contribution in [-0.4, -0.2) is 27.8 Å². The van der Waals surface area contributed by atoms with E-state index in [0.717, 1.165) is 42.4 Å². The molecule has 8 nitrogen and oxygen atoms in total. The highest BCUT2D eigenvalue weighted by Gasteiger charge is 2.26. The van der Waals surface area contributed by atoms with Crippen LogP contribution in [0.3, 0.4) is 0 Å². The summed E-state index contributed by atoms with van der Waals surface area (Å²) in [7, 11) is 0. The number of hydrogen-bond acceptors (Lipinski definition) is 6. The van der Waals surface area contributed by atoms with Crippen LogP contribution in [0.25, 0.3) is 0 Å². The predicted molar refractivity (Wildman–Crippen MR) is 119 cm³/mol. The Hall–Kier alpha value is -3.39. The number of benzene rings is 2. The van der Waals surface area contributed by atoms with Crippen molar-refractivity contribution in [2.24, 2.45) is 0 Å². The number of phenolic OH excluding ortho intramolecular Hbond substituents is 1. The van der Waals surface area contributed by atoms with Crippen molar-refractivity contribution in [3.05, 3.63) is 74.0 Å². The van der Waals surface area contributed by atoms with Gasteiger partial charge in [-0.3, -0.25) is 14.3 Å². The number of carbonyl (C=O) groups is 1. The molecule has 0 saturated heterocycles.